The number of carbonyl (C=O) groups excluding carboxylic acids is 1. The van der Waals surface area contributed by atoms with Crippen LogP contribution in [-0.4, -0.2) is 16.0 Å². The van der Waals surface area contributed by atoms with Gasteiger partial charge in [0, 0.05) is 24.9 Å². The van der Waals surface area contributed by atoms with Crippen LogP contribution in [0.3, 0.4) is 0 Å². The van der Waals surface area contributed by atoms with E-state index in [1.54, 1.807) is 0 Å². The molecule has 3 aromatic carbocycles. The molecule has 0 atom stereocenters. The van der Waals surface area contributed by atoms with Crippen molar-refractivity contribution in [3.8, 4) is 11.4 Å². The zero-order chi connectivity index (χ0) is 21.8. The number of aromatic nitrogens is 2. The van der Waals surface area contributed by atoms with Crippen LogP contribution >= 0.6 is 0 Å². The van der Waals surface area contributed by atoms with Gasteiger partial charge >= 0.3 is 6.18 Å². The number of benzene rings is 3. The Morgan fingerprint density at radius 2 is 1.77 bits per heavy atom. The van der Waals surface area contributed by atoms with Crippen molar-refractivity contribution in [3.63, 3.8) is 0 Å². The lowest BCUT2D eigenvalue weighted by Crippen LogP contribution is -2.23. The van der Waals surface area contributed by atoms with Crippen LogP contribution in [0, 0.1) is 0 Å². The van der Waals surface area contributed by atoms with Gasteiger partial charge in [-0.25, -0.2) is 0 Å². The molecule has 0 fully saturated rings. The number of halogens is 3. The molecule has 1 amide bonds. The molecule has 1 N–H and O–H groups in total. The minimum absolute atomic E-state index is 0.0530. The maximum Gasteiger partial charge on any atom is 0.416 e. The maximum atomic E-state index is 12.9. The lowest BCUT2D eigenvalue weighted by molar-refractivity contribution is -0.137. The van der Waals surface area contributed by atoms with Crippen molar-refractivity contribution in [2.45, 2.75) is 25.6 Å². The fourth-order valence-electron chi connectivity index (χ4n) is 3.26. The van der Waals surface area contributed by atoms with E-state index in [1.165, 1.54) is 12.1 Å². The van der Waals surface area contributed by atoms with Gasteiger partial charge in [-0.05, 0) is 28.5 Å². The third-order valence-corrected chi connectivity index (χ3v) is 4.84. The Labute approximate surface area is 175 Å². The number of amides is 1. The first-order valence-electron chi connectivity index (χ1n) is 9.64. The summed E-state index contributed by atoms with van der Waals surface area (Å²) in [5.74, 6) is 0.0525. The Hall–Kier alpha value is -3.68. The molecule has 8 heteroatoms. The monoisotopic (exact) mass is 425 g/mol. The van der Waals surface area contributed by atoms with Gasteiger partial charge in [-0.15, -0.1) is 0 Å². The average molecular weight is 425 g/mol. The molecule has 5 nitrogen and oxygen atoms in total. The largest absolute Gasteiger partial charge is 0.416 e. The molecule has 1 aromatic heterocycles. The molecule has 0 saturated heterocycles. The lowest BCUT2D eigenvalue weighted by Gasteiger charge is -2.08. The molecule has 0 saturated carbocycles. The van der Waals surface area contributed by atoms with Gasteiger partial charge in [0.25, 0.3) is 0 Å². The van der Waals surface area contributed by atoms with Crippen molar-refractivity contribution in [2.75, 3.05) is 0 Å². The Morgan fingerprint density at radius 1 is 1.00 bits per heavy atom. The Kier molecular flexibility index (Phi) is 5.70. The second-order valence-corrected chi connectivity index (χ2v) is 7.01. The number of hydrogen-bond donors (Lipinski definition) is 1. The molecule has 1 heterocycles. The molecule has 0 aliphatic carbocycles. The summed E-state index contributed by atoms with van der Waals surface area (Å²) in [5, 5.41) is 8.78. The first-order valence-corrected chi connectivity index (χ1v) is 9.64. The zero-order valence-electron chi connectivity index (χ0n) is 16.3. The van der Waals surface area contributed by atoms with Crippen LogP contribution in [-0.2, 0) is 23.9 Å². The minimum Gasteiger partial charge on any atom is -0.352 e. The standard InChI is InChI=1S/C23H18F3N3O2/c24-23(25,26)18-9-4-7-16(13-18)22-28-21(31-29-22)12-11-20(30)27-14-17-8-3-6-15-5-1-2-10-19(15)17/h1-10,13H,11-12,14H2,(H,27,30). The number of fused-ring (bicyclic) bond motifs is 1. The van der Waals surface area contributed by atoms with E-state index in [0.717, 1.165) is 28.5 Å². The van der Waals surface area contributed by atoms with Crippen molar-refractivity contribution in [3.05, 3.63) is 83.7 Å². The number of nitrogens with zero attached hydrogens (tertiary/aromatic N) is 2. The molecule has 31 heavy (non-hydrogen) atoms. The second kappa shape index (κ2) is 8.59. The molecular formula is C23H18F3N3O2. The summed E-state index contributed by atoms with van der Waals surface area (Å²) in [5.41, 5.74) is 0.422. The Balaban J connectivity index is 1.35. The van der Waals surface area contributed by atoms with Crippen LogP contribution in [0.1, 0.15) is 23.4 Å². The van der Waals surface area contributed by atoms with E-state index in [4.69, 9.17) is 4.52 Å². The van der Waals surface area contributed by atoms with Gasteiger partial charge < -0.3 is 9.84 Å². The highest BCUT2D eigenvalue weighted by molar-refractivity contribution is 5.86. The van der Waals surface area contributed by atoms with Gasteiger partial charge in [0.1, 0.15) is 0 Å². The number of alkyl halides is 3. The van der Waals surface area contributed by atoms with E-state index >= 15 is 0 Å². The highest BCUT2D eigenvalue weighted by atomic mass is 19.4. The van der Waals surface area contributed by atoms with E-state index in [9.17, 15) is 18.0 Å². The number of rotatable bonds is 6. The van der Waals surface area contributed by atoms with Gasteiger partial charge in [-0.2, -0.15) is 18.2 Å². The Bertz CT molecular complexity index is 1210. The molecule has 0 radical (unpaired) electrons. The number of nitrogens with one attached hydrogen (secondary N) is 1. The van der Waals surface area contributed by atoms with Crippen LogP contribution in [0.15, 0.2) is 71.3 Å². The van der Waals surface area contributed by atoms with Crippen molar-refractivity contribution < 1.29 is 22.5 Å². The van der Waals surface area contributed by atoms with Gasteiger partial charge in [0.2, 0.25) is 17.6 Å². The van der Waals surface area contributed by atoms with Crippen molar-refractivity contribution in [2.24, 2.45) is 0 Å². The summed E-state index contributed by atoms with van der Waals surface area (Å²) in [6, 6.07) is 18.5. The van der Waals surface area contributed by atoms with Crippen LogP contribution in [0.25, 0.3) is 22.2 Å². The van der Waals surface area contributed by atoms with E-state index in [1.807, 2.05) is 42.5 Å². The van der Waals surface area contributed by atoms with Crippen molar-refractivity contribution in [1.82, 2.24) is 15.5 Å². The highest BCUT2D eigenvalue weighted by Gasteiger charge is 2.30. The first kappa shape index (κ1) is 20.6. The third-order valence-electron chi connectivity index (χ3n) is 4.84. The van der Waals surface area contributed by atoms with Gasteiger partial charge in [0.05, 0.1) is 5.56 Å². The Morgan fingerprint density at radius 3 is 2.61 bits per heavy atom. The second-order valence-electron chi connectivity index (χ2n) is 7.01. The van der Waals surface area contributed by atoms with Crippen LogP contribution in [0.4, 0.5) is 13.2 Å². The van der Waals surface area contributed by atoms with Crippen molar-refractivity contribution >= 4 is 16.7 Å². The van der Waals surface area contributed by atoms with Crippen molar-refractivity contribution in [1.29, 1.82) is 0 Å². The molecule has 4 rings (SSSR count). The summed E-state index contributed by atoms with van der Waals surface area (Å²) in [4.78, 5) is 16.3. The lowest BCUT2D eigenvalue weighted by atomic mass is 10.0. The van der Waals surface area contributed by atoms with E-state index in [0.29, 0.717) is 6.54 Å². The first-order chi connectivity index (χ1) is 14.9. The maximum absolute atomic E-state index is 12.9. The third kappa shape index (κ3) is 4.91. The molecule has 0 unspecified atom stereocenters. The predicted octanol–water partition coefficient (Wildman–Crippen LogP) is 5.16. The summed E-state index contributed by atoms with van der Waals surface area (Å²) < 4.78 is 43.7. The number of aryl methyl sites for hydroxylation is 1. The summed E-state index contributed by atoms with van der Waals surface area (Å²) in [7, 11) is 0. The van der Waals surface area contributed by atoms with Gasteiger partial charge in [-0.3, -0.25) is 4.79 Å². The summed E-state index contributed by atoms with van der Waals surface area (Å²) in [6.07, 6.45) is -4.15. The highest BCUT2D eigenvalue weighted by Crippen LogP contribution is 2.31. The van der Waals surface area contributed by atoms with Crippen LogP contribution < -0.4 is 5.32 Å². The molecule has 4 aromatic rings. The molecule has 0 bridgehead atoms. The SMILES string of the molecule is O=C(CCc1nc(-c2cccc(C(F)(F)F)c2)no1)NCc1cccc2ccccc12. The van der Waals surface area contributed by atoms with E-state index in [2.05, 4.69) is 15.5 Å². The van der Waals surface area contributed by atoms with Gasteiger partial charge in [-0.1, -0.05) is 59.8 Å². The van der Waals surface area contributed by atoms with E-state index < -0.39 is 11.7 Å². The molecule has 0 spiro atoms. The molecule has 0 aliphatic heterocycles. The van der Waals surface area contributed by atoms with Crippen LogP contribution in [0.2, 0.25) is 0 Å². The van der Waals surface area contributed by atoms with Gasteiger partial charge in [0.15, 0.2) is 0 Å². The topological polar surface area (TPSA) is 68.0 Å². The fraction of sp³-hybridized carbons (Fsp3) is 0.174. The fourth-order valence-corrected chi connectivity index (χ4v) is 3.26. The number of carbonyl (C=O) groups is 1. The number of hydrogen-bond acceptors (Lipinski definition) is 4. The average Bonchev–Trinajstić information content (AvgIpc) is 3.25. The minimum atomic E-state index is -4.45. The summed E-state index contributed by atoms with van der Waals surface area (Å²) in [6.45, 7) is 0.388. The quantitative estimate of drug-likeness (QED) is 0.464. The molecule has 0 aliphatic rings. The van der Waals surface area contributed by atoms with E-state index in [-0.39, 0.29) is 36.0 Å². The molecule has 158 valence electrons. The van der Waals surface area contributed by atoms with Crippen LogP contribution in [0.5, 0.6) is 0 Å². The normalized spacial score (nSPS) is 11.6. The smallest absolute Gasteiger partial charge is 0.352 e. The summed E-state index contributed by atoms with van der Waals surface area (Å²) >= 11 is 0. The molecular weight excluding hydrogens is 407 g/mol. The predicted molar refractivity (Wildman–Crippen MR) is 109 cm³/mol. The zero-order valence-corrected chi connectivity index (χ0v) is 16.3.